The first-order chi connectivity index (χ1) is 8.34. The molecule has 116 valence electrons. The van der Waals surface area contributed by atoms with Crippen LogP contribution in [0, 0.1) is 0 Å². The van der Waals surface area contributed by atoms with Gasteiger partial charge in [-0.1, -0.05) is 72.0 Å². The lowest BCUT2D eigenvalue weighted by Crippen LogP contribution is -2.49. The van der Waals surface area contributed by atoms with Crippen LogP contribution in [0.15, 0.2) is 0 Å². The molecule has 0 aromatic heterocycles. The van der Waals surface area contributed by atoms with E-state index in [2.05, 4.69) is 48.5 Å². The van der Waals surface area contributed by atoms with Crippen LogP contribution in [0.4, 0.5) is 0 Å². The molecule has 0 aliphatic carbocycles. The Hall–Kier alpha value is 0.127. The molecule has 0 rings (SSSR count). The van der Waals surface area contributed by atoms with E-state index < -0.39 is 18.2 Å². The fraction of sp³-hybridized carbons (Fsp3) is 1.00. The van der Waals surface area contributed by atoms with Crippen molar-refractivity contribution in [1.82, 2.24) is 0 Å². The SMILES string of the molecule is CC(C)[Si](CCCCS(=O)(=O)O)(C(C)C)C(C)(C)C. The van der Waals surface area contributed by atoms with Crippen LogP contribution in [0.3, 0.4) is 0 Å². The number of hydrogen-bond donors (Lipinski definition) is 1. The summed E-state index contributed by atoms with van der Waals surface area (Å²) in [6.07, 6.45) is 1.47. The van der Waals surface area contributed by atoms with Crippen molar-refractivity contribution < 1.29 is 13.0 Å². The summed E-state index contributed by atoms with van der Waals surface area (Å²) in [6.45, 7) is 16.3. The topological polar surface area (TPSA) is 54.4 Å². The van der Waals surface area contributed by atoms with Gasteiger partial charge in [0.25, 0.3) is 10.1 Å². The predicted molar refractivity (Wildman–Crippen MR) is 86.1 cm³/mol. The molecule has 0 heterocycles. The van der Waals surface area contributed by atoms with Crippen molar-refractivity contribution in [3.63, 3.8) is 0 Å². The lowest BCUT2D eigenvalue weighted by atomic mass is 10.2. The first-order valence-electron chi connectivity index (χ1n) is 7.29. The molecule has 3 nitrogen and oxygen atoms in total. The van der Waals surface area contributed by atoms with Crippen molar-refractivity contribution in [2.75, 3.05) is 5.75 Å². The zero-order valence-corrected chi connectivity index (χ0v) is 15.5. The lowest BCUT2D eigenvalue weighted by Gasteiger charge is -2.50. The van der Waals surface area contributed by atoms with Gasteiger partial charge in [0.15, 0.2) is 0 Å². The van der Waals surface area contributed by atoms with Gasteiger partial charge in [-0.2, -0.15) is 8.42 Å². The molecule has 0 aliphatic heterocycles. The molecule has 0 amide bonds. The second-order valence-corrected chi connectivity index (χ2v) is 15.3. The van der Waals surface area contributed by atoms with E-state index in [4.69, 9.17) is 4.55 Å². The van der Waals surface area contributed by atoms with Crippen LogP contribution in [-0.4, -0.2) is 26.8 Å². The van der Waals surface area contributed by atoms with E-state index in [-0.39, 0.29) is 5.75 Å². The molecule has 0 radical (unpaired) electrons. The van der Waals surface area contributed by atoms with E-state index in [1.165, 1.54) is 0 Å². The van der Waals surface area contributed by atoms with Crippen molar-refractivity contribution in [3.8, 4) is 0 Å². The van der Waals surface area contributed by atoms with Crippen molar-refractivity contribution in [2.24, 2.45) is 0 Å². The second-order valence-electron chi connectivity index (χ2n) is 7.34. The van der Waals surface area contributed by atoms with Crippen LogP contribution in [0.1, 0.15) is 61.3 Å². The Labute approximate surface area is 120 Å². The van der Waals surface area contributed by atoms with E-state index in [9.17, 15) is 8.42 Å². The summed E-state index contributed by atoms with van der Waals surface area (Å²) >= 11 is 0. The van der Waals surface area contributed by atoms with Crippen LogP contribution < -0.4 is 0 Å². The maximum atomic E-state index is 10.8. The maximum Gasteiger partial charge on any atom is 0.264 e. The highest BCUT2D eigenvalue weighted by molar-refractivity contribution is 7.85. The highest BCUT2D eigenvalue weighted by Gasteiger charge is 2.48. The van der Waals surface area contributed by atoms with Gasteiger partial charge >= 0.3 is 0 Å². The average molecular weight is 309 g/mol. The Balaban J connectivity index is 4.89. The first-order valence-corrected chi connectivity index (χ1v) is 11.3. The molecule has 1 N–H and O–H groups in total. The zero-order valence-electron chi connectivity index (χ0n) is 13.7. The quantitative estimate of drug-likeness (QED) is 0.420. The molecule has 0 saturated carbocycles. The largest absolute Gasteiger partial charge is 0.286 e. The van der Waals surface area contributed by atoms with Gasteiger partial charge < -0.3 is 0 Å². The fourth-order valence-corrected chi connectivity index (χ4v) is 12.2. The van der Waals surface area contributed by atoms with Gasteiger partial charge in [0, 0.05) is 0 Å². The summed E-state index contributed by atoms with van der Waals surface area (Å²) in [5.41, 5.74) is 1.36. The smallest absolute Gasteiger partial charge is 0.264 e. The average Bonchev–Trinajstić information content (AvgIpc) is 2.12. The minimum atomic E-state index is -3.80. The highest BCUT2D eigenvalue weighted by Crippen LogP contribution is 2.53. The lowest BCUT2D eigenvalue weighted by molar-refractivity contribution is 0.480. The molecule has 0 atom stereocenters. The monoisotopic (exact) mass is 308 g/mol. The third-order valence-corrected chi connectivity index (χ3v) is 13.6. The molecule has 0 fully saturated rings. The third-order valence-electron chi connectivity index (χ3n) is 4.70. The van der Waals surface area contributed by atoms with Gasteiger partial charge in [0.1, 0.15) is 0 Å². The highest BCUT2D eigenvalue weighted by atomic mass is 32.2. The fourth-order valence-electron chi connectivity index (χ4n) is 4.05. The molecule has 0 aromatic carbocycles. The summed E-state index contributed by atoms with van der Waals surface area (Å²) in [4.78, 5) is 0. The summed E-state index contributed by atoms with van der Waals surface area (Å²) in [5.74, 6) is -0.0994. The summed E-state index contributed by atoms with van der Waals surface area (Å²) < 4.78 is 30.4. The Morgan fingerprint density at radius 1 is 1.00 bits per heavy atom. The molecular formula is C14H32O3SSi. The van der Waals surface area contributed by atoms with Crippen LogP contribution in [0.25, 0.3) is 0 Å². The summed E-state index contributed by atoms with van der Waals surface area (Å²) in [6, 6.07) is 1.14. The van der Waals surface area contributed by atoms with E-state index in [0.29, 0.717) is 22.5 Å². The molecule has 0 unspecified atom stereocenters. The van der Waals surface area contributed by atoms with Gasteiger partial charge in [0.2, 0.25) is 0 Å². The maximum absolute atomic E-state index is 10.8. The van der Waals surface area contributed by atoms with Crippen LogP contribution in [-0.2, 0) is 10.1 Å². The van der Waals surface area contributed by atoms with Gasteiger partial charge in [-0.3, -0.25) is 4.55 Å². The Morgan fingerprint density at radius 2 is 1.42 bits per heavy atom. The molecule has 0 saturated heterocycles. The van der Waals surface area contributed by atoms with Gasteiger partial charge in [-0.25, -0.2) is 0 Å². The minimum Gasteiger partial charge on any atom is -0.286 e. The van der Waals surface area contributed by atoms with E-state index >= 15 is 0 Å². The minimum absolute atomic E-state index is 0.0994. The number of rotatable bonds is 7. The van der Waals surface area contributed by atoms with Gasteiger partial charge in [-0.15, -0.1) is 0 Å². The Bertz CT molecular complexity index is 359. The van der Waals surface area contributed by atoms with E-state index in [1.807, 2.05) is 0 Å². The van der Waals surface area contributed by atoms with Crippen molar-refractivity contribution in [1.29, 1.82) is 0 Å². The Kier molecular flexibility index (Phi) is 6.77. The number of unbranched alkanes of at least 4 members (excludes halogenated alkanes) is 1. The van der Waals surface area contributed by atoms with Gasteiger partial charge in [-0.05, 0) is 11.5 Å². The summed E-state index contributed by atoms with van der Waals surface area (Å²) in [7, 11) is -5.33. The summed E-state index contributed by atoms with van der Waals surface area (Å²) in [5, 5.41) is 0.313. The molecule has 19 heavy (non-hydrogen) atoms. The predicted octanol–water partition coefficient (Wildman–Crippen LogP) is 4.72. The van der Waals surface area contributed by atoms with Crippen molar-refractivity contribution >= 4 is 18.2 Å². The zero-order chi connectivity index (χ0) is 15.5. The van der Waals surface area contributed by atoms with Crippen LogP contribution in [0.2, 0.25) is 22.2 Å². The molecule has 5 heteroatoms. The number of hydrogen-bond acceptors (Lipinski definition) is 2. The molecular weight excluding hydrogens is 276 g/mol. The van der Waals surface area contributed by atoms with Crippen LogP contribution in [0.5, 0.6) is 0 Å². The van der Waals surface area contributed by atoms with Crippen molar-refractivity contribution in [3.05, 3.63) is 0 Å². The van der Waals surface area contributed by atoms with Crippen molar-refractivity contribution in [2.45, 2.75) is 83.5 Å². The van der Waals surface area contributed by atoms with Gasteiger partial charge in [0.05, 0.1) is 13.8 Å². The molecule has 0 bridgehead atoms. The molecule has 0 aromatic rings. The normalized spacial score (nSPS) is 14.4. The second kappa shape index (κ2) is 6.72. The van der Waals surface area contributed by atoms with E-state index in [0.717, 1.165) is 12.5 Å². The van der Waals surface area contributed by atoms with E-state index in [1.54, 1.807) is 0 Å². The standard InChI is InChI=1S/C14H32O3SSi/c1-12(2)19(13(3)4,14(5,6)7)11-9-8-10-18(15,16)17/h12-13H,8-11H2,1-7H3,(H,15,16,17). The Morgan fingerprint density at radius 3 is 1.68 bits per heavy atom. The molecule has 0 aliphatic rings. The third kappa shape index (κ3) is 5.19. The van der Waals surface area contributed by atoms with Crippen LogP contribution >= 0.6 is 0 Å². The first kappa shape index (κ1) is 19.1. The molecule has 0 spiro atoms.